The lowest BCUT2D eigenvalue weighted by Gasteiger charge is -2.18. The van der Waals surface area contributed by atoms with Crippen LogP contribution in [-0.2, 0) is 4.79 Å². The van der Waals surface area contributed by atoms with Crippen molar-refractivity contribution in [2.24, 2.45) is 0 Å². The average Bonchev–Trinajstić information content (AvgIpc) is 2.66. The van der Waals surface area contributed by atoms with Crippen LogP contribution in [-0.4, -0.2) is 51.6 Å². The summed E-state index contributed by atoms with van der Waals surface area (Å²) >= 11 is 6.14. The first-order valence-corrected chi connectivity index (χ1v) is 8.38. The molecule has 0 radical (unpaired) electrons. The van der Waals surface area contributed by atoms with Crippen LogP contribution in [0.15, 0.2) is 36.4 Å². The van der Waals surface area contributed by atoms with Crippen molar-refractivity contribution in [2.75, 3.05) is 40.2 Å². The second-order valence-corrected chi connectivity index (χ2v) is 6.04. The minimum absolute atomic E-state index is 0.137. The Labute approximate surface area is 162 Å². The molecule has 144 valence electrons. The summed E-state index contributed by atoms with van der Waals surface area (Å²) in [5.74, 6) is 0.582. The Morgan fingerprint density at radius 3 is 2.44 bits per heavy atom. The van der Waals surface area contributed by atoms with E-state index < -0.39 is 0 Å². The SMILES string of the molecule is COc1cccc(NC(=O)CN(C)C(=O)c2cc(Cl)c(OC)c(OC)c2)c1. The maximum atomic E-state index is 12.6. The Balaban J connectivity index is 2.08. The van der Waals surface area contributed by atoms with E-state index in [1.165, 1.54) is 38.3 Å². The van der Waals surface area contributed by atoms with Crippen molar-refractivity contribution in [1.29, 1.82) is 0 Å². The molecule has 0 aliphatic heterocycles. The maximum absolute atomic E-state index is 12.6. The number of halogens is 1. The number of likely N-dealkylation sites (N-methyl/N-ethyl adjacent to an activating group) is 1. The van der Waals surface area contributed by atoms with Crippen molar-refractivity contribution in [2.45, 2.75) is 0 Å². The van der Waals surface area contributed by atoms with Gasteiger partial charge in [0.2, 0.25) is 5.91 Å². The van der Waals surface area contributed by atoms with Gasteiger partial charge in [0.25, 0.3) is 5.91 Å². The molecule has 0 aromatic heterocycles. The fourth-order valence-electron chi connectivity index (χ4n) is 2.45. The molecule has 0 saturated heterocycles. The van der Waals surface area contributed by atoms with E-state index in [4.69, 9.17) is 25.8 Å². The Kier molecular flexibility index (Phi) is 6.90. The lowest BCUT2D eigenvalue weighted by Crippen LogP contribution is -2.35. The van der Waals surface area contributed by atoms with Crippen LogP contribution < -0.4 is 19.5 Å². The highest BCUT2D eigenvalue weighted by Gasteiger charge is 2.19. The van der Waals surface area contributed by atoms with Crippen LogP contribution in [0.4, 0.5) is 5.69 Å². The van der Waals surface area contributed by atoms with Crippen molar-refractivity contribution >= 4 is 29.1 Å². The van der Waals surface area contributed by atoms with E-state index in [1.54, 1.807) is 31.4 Å². The van der Waals surface area contributed by atoms with Gasteiger partial charge in [-0.1, -0.05) is 17.7 Å². The van der Waals surface area contributed by atoms with Crippen LogP contribution in [0.1, 0.15) is 10.4 Å². The molecule has 0 aliphatic carbocycles. The number of nitrogens with zero attached hydrogens (tertiary/aromatic N) is 1. The van der Waals surface area contributed by atoms with Crippen LogP contribution in [0.25, 0.3) is 0 Å². The summed E-state index contributed by atoms with van der Waals surface area (Å²) < 4.78 is 15.5. The fraction of sp³-hybridized carbons (Fsp3) is 0.263. The first kappa shape index (κ1) is 20.4. The number of amides is 2. The third-order valence-corrected chi connectivity index (χ3v) is 4.04. The smallest absolute Gasteiger partial charge is 0.254 e. The number of benzene rings is 2. The second kappa shape index (κ2) is 9.14. The Morgan fingerprint density at radius 1 is 1.07 bits per heavy atom. The molecule has 0 heterocycles. The van der Waals surface area contributed by atoms with Gasteiger partial charge in [-0.2, -0.15) is 0 Å². The van der Waals surface area contributed by atoms with Crippen LogP contribution in [0.2, 0.25) is 5.02 Å². The zero-order valence-corrected chi connectivity index (χ0v) is 16.3. The van der Waals surface area contributed by atoms with Crippen molar-refractivity contribution in [3.05, 3.63) is 47.0 Å². The summed E-state index contributed by atoms with van der Waals surface area (Å²) in [6.45, 7) is -0.137. The fourth-order valence-corrected chi connectivity index (χ4v) is 2.74. The molecular weight excluding hydrogens is 372 g/mol. The number of rotatable bonds is 7. The number of methoxy groups -OCH3 is 3. The summed E-state index contributed by atoms with van der Waals surface area (Å²) in [7, 11) is 5.98. The Morgan fingerprint density at radius 2 is 1.81 bits per heavy atom. The molecule has 2 rings (SSSR count). The molecule has 1 N–H and O–H groups in total. The monoisotopic (exact) mass is 392 g/mol. The predicted molar refractivity (Wildman–Crippen MR) is 103 cm³/mol. The van der Waals surface area contributed by atoms with Crippen LogP contribution in [0.5, 0.6) is 17.2 Å². The van der Waals surface area contributed by atoms with Gasteiger partial charge in [0, 0.05) is 24.4 Å². The minimum Gasteiger partial charge on any atom is -0.497 e. The van der Waals surface area contributed by atoms with Gasteiger partial charge in [-0.25, -0.2) is 0 Å². The van der Waals surface area contributed by atoms with Gasteiger partial charge in [0.15, 0.2) is 11.5 Å². The van der Waals surface area contributed by atoms with Crippen LogP contribution in [0, 0.1) is 0 Å². The third kappa shape index (κ3) is 5.04. The molecule has 0 spiro atoms. The van der Waals surface area contributed by atoms with Gasteiger partial charge >= 0.3 is 0 Å². The summed E-state index contributed by atoms with van der Waals surface area (Å²) in [4.78, 5) is 26.1. The highest BCUT2D eigenvalue weighted by molar-refractivity contribution is 6.32. The summed E-state index contributed by atoms with van der Waals surface area (Å²) in [5.41, 5.74) is 0.865. The van der Waals surface area contributed by atoms with E-state index >= 15 is 0 Å². The number of hydrogen-bond donors (Lipinski definition) is 1. The van der Waals surface area contributed by atoms with E-state index in [2.05, 4.69) is 5.32 Å². The number of ether oxygens (including phenoxy) is 3. The number of carbonyl (C=O) groups excluding carboxylic acids is 2. The summed E-state index contributed by atoms with van der Waals surface area (Å²) in [6, 6.07) is 9.94. The van der Waals surface area contributed by atoms with E-state index in [1.807, 2.05) is 0 Å². The maximum Gasteiger partial charge on any atom is 0.254 e. The molecule has 2 aromatic rings. The number of carbonyl (C=O) groups is 2. The molecule has 0 aliphatic rings. The zero-order valence-electron chi connectivity index (χ0n) is 15.5. The van der Waals surface area contributed by atoms with Crippen molar-refractivity contribution < 1.29 is 23.8 Å². The molecule has 0 bridgehead atoms. The predicted octanol–water partition coefficient (Wildman–Crippen LogP) is 3.08. The van der Waals surface area contributed by atoms with Crippen LogP contribution >= 0.6 is 11.6 Å². The van der Waals surface area contributed by atoms with Crippen LogP contribution in [0.3, 0.4) is 0 Å². The number of anilines is 1. The molecule has 0 fully saturated rings. The Hall–Kier alpha value is -2.93. The van der Waals surface area contributed by atoms with E-state index in [-0.39, 0.29) is 28.9 Å². The number of hydrogen-bond acceptors (Lipinski definition) is 5. The topological polar surface area (TPSA) is 77.1 Å². The first-order chi connectivity index (χ1) is 12.9. The molecule has 7 nitrogen and oxygen atoms in total. The lowest BCUT2D eigenvalue weighted by atomic mass is 10.1. The molecule has 0 unspecified atom stereocenters. The van der Waals surface area contributed by atoms with E-state index in [0.717, 1.165) is 0 Å². The summed E-state index contributed by atoms with van der Waals surface area (Å²) in [6.07, 6.45) is 0. The average molecular weight is 393 g/mol. The molecule has 2 aromatic carbocycles. The quantitative estimate of drug-likeness (QED) is 0.783. The highest BCUT2D eigenvalue weighted by Crippen LogP contribution is 2.36. The second-order valence-electron chi connectivity index (χ2n) is 5.63. The molecule has 2 amide bonds. The van der Waals surface area contributed by atoms with Crippen molar-refractivity contribution in [3.63, 3.8) is 0 Å². The van der Waals surface area contributed by atoms with Gasteiger partial charge in [0.05, 0.1) is 32.9 Å². The van der Waals surface area contributed by atoms with Gasteiger partial charge in [-0.05, 0) is 24.3 Å². The van der Waals surface area contributed by atoms with Crippen molar-refractivity contribution in [3.8, 4) is 17.2 Å². The van der Waals surface area contributed by atoms with Gasteiger partial charge in [-0.15, -0.1) is 0 Å². The molecule has 0 saturated carbocycles. The van der Waals surface area contributed by atoms with Gasteiger partial charge in [0.1, 0.15) is 5.75 Å². The van der Waals surface area contributed by atoms with Gasteiger partial charge in [-0.3, -0.25) is 9.59 Å². The minimum atomic E-state index is -0.376. The normalized spacial score (nSPS) is 10.1. The Bertz CT molecular complexity index is 841. The first-order valence-electron chi connectivity index (χ1n) is 8.00. The van der Waals surface area contributed by atoms with E-state index in [9.17, 15) is 9.59 Å². The number of nitrogens with one attached hydrogen (secondary N) is 1. The molecular formula is C19H21ClN2O5. The molecule has 8 heteroatoms. The van der Waals surface area contributed by atoms with Crippen molar-refractivity contribution in [1.82, 2.24) is 4.90 Å². The standard InChI is InChI=1S/C19H21ClN2O5/c1-22(11-17(23)21-13-6-5-7-14(10-13)25-2)19(24)12-8-15(20)18(27-4)16(9-12)26-3/h5-10H,11H2,1-4H3,(H,21,23). The largest absolute Gasteiger partial charge is 0.497 e. The zero-order chi connectivity index (χ0) is 20.0. The molecule has 27 heavy (non-hydrogen) atoms. The molecule has 0 atom stereocenters. The third-order valence-electron chi connectivity index (χ3n) is 3.76. The summed E-state index contributed by atoms with van der Waals surface area (Å²) in [5, 5.41) is 2.97. The highest BCUT2D eigenvalue weighted by atomic mass is 35.5. The lowest BCUT2D eigenvalue weighted by molar-refractivity contribution is -0.116. The van der Waals surface area contributed by atoms with E-state index in [0.29, 0.717) is 22.9 Å². The van der Waals surface area contributed by atoms with Gasteiger partial charge < -0.3 is 24.4 Å².